The number of rotatable bonds is 4. The van der Waals surface area contributed by atoms with E-state index in [0.29, 0.717) is 11.4 Å². The Hall–Kier alpha value is -2.01. The van der Waals surface area contributed by atoms with Crippen LogP contribution in [0.4, 0.5) is 5.69 Å². The fourth-order valence-corrected chi connectivity index (χ4v) is 3.17. The Morgan fingerprint density at radius 3 is 2.25 bits per heavy atom. The minimum atomic E-state index is -3.54. The van der Waals surface area contributed by atoms with Crippen LogP contribution in [0.1, 0.15) is 5.56 Å². The lowest BCUT2D eigenvalue weighted by molar-refractivity contribution is 0.415. The van der Waals surface area contributed by atoms with Gasteiger partial charge in [-0.25, -0.2) is 8.42 Å². The number of sulfonamides is 1. The van der Waals surface area contributed by atoms with Crippen LogP contribution in [0.15, 0.2) is 53.4 Å². The van der Waals surface area contributed by atoms with Crippen LogP contribution in [0, 0.1) is 6.92 Å². The Bertz CT molecular complexity index is 693. The molecule has 0 saturated heterocycles. The van der Waals surface area contributed by atoms with Crippen LogP contribution in [0.3, 0.4) is 0 Å². The highest BCUT2D eigenvalue weighted by Crippen LogP contribution is 2.24. The summed E-state index contributed by atoms with van der Waals surface area (Å²) in [6.07, 6.45) is 0. The summed E-state index contributed by atoms with van der Waals surface area (Å²) >= 11 is 0. The molecule has 0 aliphatic carbocycles. The molecule has 0 heterocycles. The third-order valence-corrected chi connectivity index (χ3v) is 4.87. The van der Waals surface area contributed by atoms with E-state index in [4.69, 9.17) is 4.74 Å². The molecule has 0 N–H and O–H groups in total. The number of aryl methyl sites for hydroxylation is 1. The van der Waals surface area contributed by atoms with Gasteiger partial charge in [-0.1, -0.05) is 12.1 Å². The van der Waals surface area contributed by atoms with Crippen molar-refractivity contribution in [3.63, 3.8) is 0 Å². The van der Waals surface area contributed by atoms with E-state index in [1.54, 1.807) is 56.6 Å². The Labute approximate surface area is 119 Å². The normalized spacial score (nSPS) is 11.2. The summed E-state index contributed by atoms with van der Waals surface area (Å²) in [6.45, 7) is 1.87. The molecule has 20 heavy (non-hydrogen) atoms. The number of nitrogens with zero attached hydrogens (tertiary/aromatic N) is 1. The quantitative estimate of drug-likeness (QED) is 0.870. The van der Waals surface area contributed by atoms with Gasteiger partial charge in [-0.15, -0.1) is 0 Å². The molecule has 2 rings (SSSR count). The monoisotopic (exact) mass is 291 g/mol. The molecule has 0 saturated carbocycles. The first-order chi connectivity index (χ1) is 9.45. The van der Waals surface area contributed by atoms with Crippen LogP contribution in [0.5, 0.6) is 5.75 Å². The second kappa shape index (κ2) is 5.54. The molecule has 2 aromatic rings. The summed E-state index contributed by atoms with van der Waals surface area (Å²) in [5.41, 5.74) is 1.50. The minimum Gasteiger partial charge on any atom is -0.497 e. The highest BCUT2D eigenvalue weighted by molar-refractivity contribution is 7.92. The number of methoxy groups -OCH3 is 1. The van der Waals surface area contributed by atoms with Crippen LogP contribution in [0.2, 0.25) is 0 Å². The number of anilines is 1. The predicted octanol–water partition coefficient (Wildman–Crippen LogP) is 2.83. The third-order valence-electron chi connectivity index (χ3n) is 3.08. The lowest BCUT2D eigenvalue weighted by atomic mass is 10.2. The second-order valence-electron chi connectivity index (χ2n) is 4.49. The van der Waals surface area contributed by atoms with Gasteiger partial charge in [0.2, 0.25) is 0 Å². The number of hydrogen-bond donors (Lipinski definition) is 0. The standard InChI is InChI=1S/C15H17NO3S/c1-12-5-4-6-15(11-12)20(17,18)16(2)13-7-9-14(19-3)10-8-13/h4-11H,1-3H3. The van der Waals surface area contributed by atoms with Crippen LogP contribution in [-0.4, -0.2) is 22.6 Å². The van der Waals surface area contributed by atoms with Gasteiger partial charge in [-0.3, -0.25) is 4.31 Å². The molecule has 0 spiro atoms. The first kappa shape index (κ1) is 14.4. The van der Waals surface area contributed by atoms with E-state index < -0.39 is 10.0 Å². The van der Waals surface area contributed by atoms with Crippen molar-refractivity contribution in [1.29, 1.82) is 0 Å². The fourth-order valence-electron chi connectivity index (χ4n) is 1.86. The topological polar surface area (TPSA) is 46.6 Å². The Balaban J connectivity index is 2.37. The van der Waals surface area contributed by atoms with Gasteiger partial charge in [-0.05, 0) is 48.9 Å². The molecule has 106 valence electrons. The fraction of sp³-hybridized carbons (Fsp3) is 0.200. The van der Waals surface area contributed by atoms with E-state index >= 15 is 0 Å². The summed E-state index contributed by atoms with van der Waals surface area (Å²) in [6, 6.07) is 13.8. The zero-order chi connectivity index (χ0) is 14.8. The maximum Gasteiger partial charge on any atom is 0.264 e. The largest absolute Gasteiger partial charge is 0.497 e. The number of ether oxygens (including phenoxy) is 1. The van der Waals surface area contributed by atoms with Gasteiger partial charge < -0.3 is 4.74 Å². The molecule has 0 atom stereocenters. The Morgan fingerprint density at radius 2 is 1.70 bits per heavy atom. The van der Waals surface area contributed by atoms with Gasteiger partial charge in [-0.2, -0.15) is 0 Å². The van der Waals surface area contributed by atoms with Crippen LogP contribution in [-0.2, 0) is 10.0 Å². The van der Waals surface area contributed by atoms with E-state index in [1.807, 2.05) is 13.0 Å². The van der Waals surface area contributed by atoms with Crippen molar-refractivity contribution in [3.8, 4) is 5.75 Å². The van der Waals surface area contributed by atoms with Crippen molar-refractivity contribution in [2.24, 2.45) is 0 Å². The van der Waals surface area contributed by atoms with Gasteiger partial charge >= 0.3 is 0 Å². The summed E-state index contributed by atoms with van der Waals surface area (Å²) in [5.74, 6) is 0.690. The van der Waals surface area contributed by atoms with Crippen molar-refractivity contribution in [2.75, 3.05) is 18.5 Å². The maximum absolute atomic E-state index is 12.5. The summed E-state index contributed by atoms with van der Waals surface area (Å²) in [5, 5.41) is 0. The molecule has 0 aliphatic heterocycles. The molecule has 5 heteroatoms. The SMILES string of the molecule is COc1ccc(N(C)S(=O)(=O)c2cccc(C)c2)cc1. The predicted molar refractivity (Wildman–Crippen MR) is 79.8 cm³/mol. The van der Waals surface area contributed by atoms with Crippen molar-refractivity contribution < 1.29 is 13.2 Å². The third kappa shape index (κ3) is 2.77. The molecular formula is C15H17NO3S. The summed E-state index contributed by atoms with van der Waals surface area (Å²) in [7, 11) is -0.429. The zero-order valence-electron chi connectivity index (χ0n) is 11.7. The van der Waals surface area contributed by atoms with E-state index in [-0.39, 0.29) is 4.90 Å². The zero-order valence-corrected chi connectivity index (χ0v) is 12.5. The van der Waals surface area contributed by atoms with Crippen molar-refractivity contribution >= 4 is 15.7 Å². The average Bonchev–Trinajstić information content (AvgIpc) is 2.46. The molecule has 0 bridgehead atoms. The highest BCUT2D eigenvalue weighted by atomic mass is 32.2. The smallest absolute Gasteiger partial charge is 0.264 e. The van der Waals surface area contributed by atoms with Gasteiger partial charge in [0.05, 0.1) is 17.7 Å². The lowest BCUT2D eigenvalue weighted by Crippen LogP contribution is -2.26. The molecule has 0 unspecified atom stereocenters. The van der Waals surface area contributed by atoms with E-state index in [0.717, 1.165) is 5.56 Å². The van der Waals surface area contributed by atoms with E-state index in [1.165, 1.54) is 4.31 Å². The first-order valence-corrected chi connectivity index (χ1v) is 7.59. The highest BCUT2D eigenvalue weighted by Gasteiger charge is 2.21. The van der Waals surface area contributed by atoms with Crippen molar-refractivity contribution in [3.05, 3.63) is 54.1 Å². The molecule has 0 aromatic heterocycles. The first-order valence-electron chi connectivity index (χ1n) is 6.15. The molecule has 0 amide bonds. The lowest BCUT2D eigenvalue weighted by Gasteiger charge is -2.20. The van der Waals surface area contributed by atoms with Gasteiger partial charge in [0.1, 0.15) is 5.75 Å². The number of benzene rings is 2. The van der Waals surface area contributed by atoms with Gasteiger partial charge in [0.25, 0.3) is 10.0 Å². The molecule has 0 aliphatic rings. The van der Waals surface area contributed by atoms with Crippen LogP contribution < -0.4 is 9.04 Å². The maximum atomic E-state index is 12.5. The summed E-state index contributed by atoms with van der Waals surface area (Å²) in [4.78, 5) is 0.288. The van der Waals surface area contributed by atoms with Crippen LogP contribution >= 0.6 is 0 Å². The molecule has 0 radical (unpaired) electrons. The second-order valence-corrected chi connectivity index (χ2v) is 6.46. The van der Waals surface area contributed by atoms with Crippen molar-refractivity contribution in [2.45, 2.75) is 11.8 Å². The van der Waals surface area contributed by atoms with Gasteiger partial charge in [0, 0.05) is 7.05 Å². The summed E-state index contributed by atoms with van der Waals surface area (Å²) < 4.78 is 31.4. The molecule has 0 fully saturated rings. The Morgan fingerprint density at radius 1 is 1.05 bits per heavy atom. The van der Waals surface area contributed by atoms with Gasteiger partial charge in [0.15, 0.2) is 0 Å². The van der Waals surface area contributed by atoms with E-state index in [9.17, 15) is 8.42 Å². The molecule has 2 aromatic carbocycles. The molecular weight excluding hydrogens is 274 g/mol. The van der Waals surface area contributed by atoms with E-state index in [2.05, 4.69) is 0 Å². The average molecular weight is 291 g/mol. The minimum absolute atomic E-state index is 0.288. The molecule has 4 nitrogen and oxygen atoms in total. The Kier molecular flexibility index (Phi) is 3.99. The van der Waals surface area contributed by atoms with Crippen molar-refractivity contribution in [1.82, 2.24) is 0 Å². The van der Waals surface area contributed by atoms with Crippen LogP contribution in [0.25, 0.3) is 0 Å². The number of hydrogen-bond acceptors (Lipinski definition) is 3.